The van der Waals surface area contributed by atoms with Gasteiger partial charge < -0.3 is 19.8 Å². The summed E-state index contributed by atoms with van der Waals surface area (Å²) >= 11 is 5.95. The lowest BCUT2D eigenvalue weighted by Crippen LogP contribution is -2.43. The molecule has 42 heavy (non-hydrogen) atoms. The number of aromatic amines is 1. The Morgan fingerprint density at radius 2 is 1.55 bits per heavy atom. The lowest BCUT2D eigenvalue weighted by Gasteiger charge is -2.19. The number of para-hydroxylation sites is 2. The number of hydrogen-bond acceptors (Lipinski definition) is 6. The first kappa shape index (κ1) is 28.3. The van der Waals surface area contributed by atoms with Crippen LogP contribution in [0, 0.1) is 0 Å². The molecule has 0 aliphatic carbocycles. The molecule has 0 saturated carbocycles. The van der Waals surface area contributed by atoms with E-state index in [4.69, 9.17) is 21.1 Å². The van der Waals surface area contributed by atoms with E-state index in [0.717, 1.165) is 5.39 Å². The van der Waals surface area contributed by atoms with Gasteiger partial charge >= 0.3 is 11.9 Å². The van der Waals surface area contributed by atoms with Crippen LogP contribution in [-0.2, 0) is 22.6 Å². The number of carbonyl (C=O) groups is 3. The molecule has 0 fully saturated rings. The van der Waals surface area contributed by atoms with Gasteiger partial charge in [0, 0.05) is 34.0 Å². The van der Waals surface area contributed by atoms with E-state index >= 15 is 0 Å². The van der Waals surface area contributed by atoms with Crippen molar-refractivity contribution >= 4 is 40.3 Å². The third kappa shape index (κ3) is 7.10. The summed E-state index contributed by atoms with van der Waals surface area (Å²) in [6.07, 6.45) is 0.00599. The van der Waals surface area contributed by atoms with Crippen LogP contribution in [-0.4, -0.2) is 28.9 Å². The van der Waals surface area contributed by atoms with E-state index in [1.165, 1.54) is 6.07 Å². The summed E-state index contributed by atoms with van der Waals surface area (Å²) in [5.41, 5.74) is 1.98. The molecule has 0 radical (unpaired) electrons. The second kappa shape index (κ2) is 13.0. The topological polar surface area (TPSA) is 115 Å². The fraction of sp³-hybridized carbons (Fsp3) is 0.0909. The molecule has 5 aromatic rings. The van der Waals surface area contributed by atoms with E-state index < -0.39 is 23.9 Å². The molecule has 1 heterocycles. The number of H-pyrrole nitrogens is 1. The SMILES string of the molecule is O=C(NC(Cc1cc(=O)[nH]c2ccccc12)C(=O)OCc1cccc(C(=O)Oc2ccccc2)c1)c1ccc(Cl)cc1. The zero-order chi connectivity index (χ0) is 29.5. The number of esters is 2. The molecule has 1 unspecified atom stereocenters. The Morgan fingerprint density at radius 3 is 2.33 bits per heavy atom. The van der Waals surface area contributed by atoms with Gasteiger partial charge in [0.25, 0.3) is 5.91 Å². The van der Waals surface area contributed by atoms with E-state index in [9.17, 15) is 19.2 Å². The van der Waals surface area contributed by atoms with E-state index in [-0.39, 0.29) is 24.2 Å². The van der Waals surface area contributed by atoms with Gasteiger partial charge in [0.1, 0.15) is 18.4 Å². The maximum absolute atomic E-state index is 13.4. The van der Waals surface area contributed by atoms with Gasteiger partial charge in [0.15, 0.2) is 0 Å². The van der Waals surface area contributed by atoms with Crippen LogP contribution in [0.5, 0.6) is 5.75 Å². The summed E-state index contributed by atoms with van der Waals surface area (Å²) < 4.78 is 11.0. The van der Waals surface area contributed by atoms with Crippen LogP contribution >= 0.6 is 11.6 Å². The highest BCUT2D eigenvalue weighted by Crippen LogP contribution is 2.18. The number of benzene rings is 4. The summed E-state index contributed by atoms with van der Waals surface area (Å²) in [6.45, 7) is -0.158. The average molecular weight is 581 g/mol. The summed E-state index contributed by atoms with van der Waals surface area (Å²) in [4.78, 5) is 54.2. The van der Waals surface area contributed by atoms with Crippen LogP contribution in [0.4, 0.5) is 0 Å². The normalized spacial score (nSPS) is 11.5. The van der Waals surface area contributed by atoms with Crippen molar-refractivity contribution in [1.29, 1.82) is 0 Å². The Balaban J connectivity index is 1.34. The quantitative estimate of drug-likeness (QED) is 0.176. The molecule has 5 rings (SSSR count). The van der Waals surface area contributed by atoms with Gasteiger partial charge in [-0.25, -0.2) is 9.59 Å². The van der Waals surface area contributed by atoms with Gasteiger partial charge in [-0.1, -0.05) is 60.1 Å². The van der Waals surface area contributed by atoms with Crippen molar-refractivity contribution in [2.45, 2.75) is 19.1 Å². The number of halogens is 1. The molecule has 0 aliphatic heterocycles. The van der Waals surface area contributed by atoms with Crippen molar-refractivity contribution in [3.63, 3.8) is 0 Å². The minimum atomic E-state index is -1.12. The van der Waals surface area contributed by atoms with Crippen molar-refractivity contribution in [3.8, 4) is 5.75 Å². The van der Waals surface area contributed by atoms with Gasteiger partial charge in [0.05, 0.1) is 5.56 Å². The van der Waals surface area contributed by atoms with E-state index in [1.54, 1.807) is 84.9 Å². The number of hydrogen-bond donors (Lipinski definition) is 2. The highest BCUT2D eigenvalue weighted by Gasteiger charge is 2.25. The van der Waals surface area contributed by atoms with Crippen LogP contribution in [0.25, 0.3) is 10.9 Å². The third-order valence-electron chi connectivity index (χ3n) is 6.45. The smallest absolute Gasteiger partial charge is 0.343 e. The zero-order valence-electron chi connectivity index (χ0n) is 22.2. The minimum absolute atomic E-state index is 0.00599. The predicted octanol–water partition coefficient (Wildman–Crippen LogP) is 5.49. The number of aromatic nitrogens is 1. The fourth-order valence-corrected chi connectivity index (χ4v) is 4.53. The average Bonchev–Trinajstić information content (AvgIpc) is 3.00. The third-order valence-corrected chi connectivity index (χ3v) is 6.71. The first-order valence-electron chi connectivity index (χ1n) is 13.1. The van der Waals surface area contributed by atoms with Crippen molar-refractivity contribution < 1.29 is 23.9 Å². The number of ether oxygens (including phenoxy) is 2. The lowest BCUT2D eigenvalue weighted by molar-refractivity contribution is -0.147. The van der Waals surface area contributed by atoms with Crippen LogP contribution < -0.4 is 15.6 Å². The van der Waals surface area contributed by atoms with Crippen LogP contribution in [0.2, 0.25) is 5.02 Å². The monoisotopic (exact) mass is 580 g/mol. The van der Waals surface area contributed by atoms with Crippen molar-refractivity contribution in [2.75, 3.05) is 0 Å². The summed E-state index contributed by atoms with van der Waals surface area (Å²) in [5.74, 6) is -1.36. The maximum atomic E-state index is 13.4. The Labute approximate surface area is 245 Å². The number of amides is 1. The first-order valence-corrected chi connectivity index (χ1v) is 13.4. The van der Waals surface area contributed by atoms with Gasteiger partial charge in [-0.15, -0.1) is 0 Å². The highest BCUT2D eigenvalue weighted by atomic mass is 35.5. The molecule has 0 saturated heterocycles. The van der Waals surface area contributed by atoms with Gasteiger partial charge in [-0.05, 0) is 65.7 Å². The Bertz CT molecular complexity index is 1800. The standard InChI is InChI=1S/C33H25ClN2O6/c34-25-15-13-22(14-16-25)31(38)36-29(18-24-19-30(37)35-28-12-5-4-11-27(24)28)33(40)41-20-21-7-6-8-23(17-21)32(39)42-26-9-2-1-3-10-26/h1-17,19,29H,18,20H2,(H,35,37)(H,36,38). The summed E-state index contributed by atoms with van der Waals surface area (Å²) in [7, 11) is 0. The zero-order valence-corrected chi connectivity index (χ0v) is 23.0. The molecule has 1 aromatic heterocycles. The molecular formula is C33H25ClN2O6. The van der Waals surface area contributed by atoms with E-state index in [2.05, 4.69) is 10.3 Å². The molecule has 2 N–H and O–H groups in total. The molecule has 0 aliphatic rings. The molecule has 8 nitrogen and oxygen atoms in total. The second-order valence-electron chi connectivity index (χ2n) is 9.45. The summed E-state index contributed by atoms with van der Waals surface area (Å²) in [6, 6.07) is 28.9. The number of fused-ring (bicyclic) bond motifs is 1. The predicted molar refractivity (Wildman–Crippen MR) is 159 cm³/mol. The van der Waals surface area contributed by atoms with Crippen molar-refractivity contribution in [2.24, 2.45) is 0 Å². The molecular weight excluding hydrogens is 556 g/mol. The molecule has 0 spiro atoms. The van der Waals surface area contributed by atoms with E-state index in [1.807, 2.05) is 18.2 Å². The number of pyridine rings is 1. The maximum Gasteiger partial charge on any atom is 0.343 e. The largest absolute Gasteiger partial charge is 0.459 e. The van der Waals surface area contributed by atoms with Crippen LogP contribution in [0.1, 0.15) is 31.8 Å². The molecule has 1 amide bonds. The second-order valence-corrected chi connectivity index (χ2v) is 9.89. The molecule has 1 atom stereocenters. The van der Waals surface area contributed by atoms with Gasteiger partial charge in [-0.3, -0.25) is 9.59 Å². The molecule has 210 valence electrons. The van der Waals surface area contributed by atoms with Crippen molar-refractivity contribution in [3.05, 3.63) is 147 Å². The summed E-state index contributed by atoms with van der Waals surface area (Å²) in [5, 5.41) is 3.94. The Morgan fingerprint density at radius 1 is 0.810 bits per heavy atom. The number of nitrogens with one attached hydrogen (secondary N) is 2. The van der Waals surface area contributed by atoms with Gasteiger partial charge in [0.2, 0.25) is 5.56 Å². The minimum Gasteiger partial charge on any atom is -0.459 e. The molecule has 4 aromatic carbocycles. The number of rotatable bonds is 9. The Kier molecular flexibility index (Phi) is 8.75. The molecule has 9 heteroatoms. The van der Waals surface area contributed by atoms with Crippen LogP contribution in [0.3, 0.4) is 0 Å². The van der Waals surface area contributed by atoms with E-state index in [0.29, 0.717) is 33.0 Å². The lowest BCUT2D eigenvalue weighted by atomic mass is 10.0. The van der Waals surface area contributed by atoms with Gasteiger partial charge in [-0.2, -0.15) is 0 Å². The Hall–Kier alpha value is -5.21. The van der Waals surface area contributed by atoms with Crippen molar-refractivity contribution in [1.82, 2.24) is 10.3 Å². The molecule has 0 bridgehead atoms. The number of carbonyl (C=O) groups excluding carboxylic acids is 3. The first-order chi connectivity index (χ1) is 20.4. The fourth-order valence-electron chi connectivity index (χ4n) is 4.40. The highest BCUT2D eigenvalue weighted by molar-refractivity contribution is 6.30. The van der Waals surface area contributed by atoms with Crippen LogP contribution in [0.15, 0.2) is 114 Å².